The van der Waals surface area contributed by atoms with Gasteiger partial charge < -0.3 is 14.3 Å². The lowest BCUT2D eigenvalue weighted by molar-refractivity contribution is 0.0746. The minimum absolute atomic E-state index is 0.0144. The molecule has 0 unspecified atom stereocenters. The Hall–Kier alpha value is -3.22. The van der Waals surface area contributed by atoms with E-state index >= 15 is 0 Å². The lowest BCUT2D eigenvalue weighted by Gasteiger charge is -2.36. The summed E-state index contributed by atoms with van der Waals surface area (Å²) in [4.78, 5) is 21.3. The van der Waals surface area contributed by atoms with Gasteiger partial charge in [0.1, 0.15) is 5.82 Å². The number of aromatic nitrogens is 2. The molecule has 3 aromatic rings. The van der Waals surface area contributed by atoms with Crippen LogP contribution in [0.2, 0.25) is 0 Å². The van der Waals surface area contributed by atoms with Crippen LogP contribution in [0.4, 0.5) is 10.1 Å². The number of rotatable bonds is 4. The first kappa shape index (κ1) is 19.7. The third-order valence-electron chi connectivity index (χ3n) is 6.30. The van der Waals surface area contributed by atoms with Gasteiger partial charge in [-0.2, -0.15) is 4.98 Å². The van der Waals surface area contributed by atoms with Crippen molar-refractivity contribution in [2.75, 3.05) is 31.1 Å². The Kier molecular flexibility index (Phi) is 5.40. The van der Waals surface area contributed by atoms with Crippen molar-refractivity contribution in [1.82, 2.24) is 15.0 Å². The third-order valence-corrected chi connectivity index (χ3v) is 6.30. The number of anilines is 1. The fraction of sp³-hybridized carbons (Fsp3) is 0.375. The van der Waals surface area contributed by atoms with Crippen LogP contribution >= 0.6 is 0 Å². The van der Waals surface area contributed by atoms with Crippen molar-refractivity contribution in [3.05, 3.63) is 65.8 Å². The average Bonchev–Trinajstić information content (AvgIpc) is 3.51. The second-order valence-corrected chi connectivity index (χ2v) is 8.25. The number of carbonyl (C=O) groups is 1. The second-order valence-electron chi connectivity index (χ2n) is 8.25. The zero-order valence-corrected chi connectivity index (χ0v) is 17.3. The first-order chi connectivity index (χ1) is 15.2. The monoisotopic (exact) mass is 420 g/mol. The summed E-state index contributed by atoms with van der Waals surface area (Å²) in [6, 6.07) is 14.1. The molecule has 5 rings (SSSR count). The molecule has 1 aliphatic carbocycles. The van der Waals surface area contributed by atoms with Crippen LogP contribution in [0.5, 0.6) is 0 Å². The summed E-state index contributed by atoms with van der Waals surface area (Å²) in [5.74, 6) is 1.43. The topological polar surface area (TPSA) is 62.5 Å². The van der Waals surface area contributed by atoms with Crippen LogP contribution in [0, 0.1) is 5.82 Å². The summed E-state index contributed by atoms with van der Waals surface area (Å²) in [7, 11) is 0. The Labute approximate surface area is 180 Å². The van der Waals surface area contributed by atoms with Crippen LogP contribution < -0.4 is 4.90 Å². The van der Waals surface area contributed by atoms with Crippen LogP contribution in [0.1, 0.15) is 47.8 Å². The highest BCUT2D eigenvalue weighted by Gasteiger charge is 2.25. The summed E-state index contributed by atoms with van der Waals surface area (Å²) in [6.45, 7) is 2.34. The van der Waals surface area contributed by atoms with Gasteiger partial charge in [-0.3, -0.25) is 4.79 Å². The summed E-state index contributed by atoms with van der Waals surface area (Å²) >= 11 is 0. The highest BCUT2D eigenvalue weighted by molar-refractivity contribution is 5.94. The van der Waals surface area contributed by atoms with Crippen LogP contribution in [-0.4, -0.2) is 47.1 Å². The summed E-state index contributed by atoms with van der Waals surface area (Å²) in [5.41, 5.74) is 2.06. The molecular weight excluding hydrogens is 395 g/mol. The molecule has 160 valence electrons. The Balaban J connectivity index is 1.22. The van der Waals surface area contributed by atoms with Gasteiger partial charge in [0.15, 0.2) is 0 Å². The summed E-state index contributed by atoms with van der Waals surface area (Å²) < 4.78 is 19.5. The zero-order chi connectivity index (χ0) is 21.2. The minimum atomic E-state index is -0.226. The predicted molar refractivity (Wildman–Crippen MR) is 115 cm³/mol. The maximum Gasteiger partial charge on any atom is 0.253 e. The molecule has 0 bridgehead atoms. The number of para-hydroxylation sites is 1. The van der Waals surface area contributed by atoms with Crippen molar-refractivity contribution in [1.29, 1.82) is 0 Å². The number of piperazine rings is 1. The van der Waals surface area contributed by atoms with E-state index in [9.17, 15) is 9.18 Å². The number of nitrogens with zero attached hydrogens (tertiary/aromatic N) is 4. The van der Waals surface area contributed by atoms with Gasteiger partial charge in [0.25, 0.3) is 5.91 Å². The maximum atomic E-state index is 14.0. The van der Waals surface area contributed by atoms with E-state index in [0.717, 1.165) is 24.3 Å². The predicted octanol–water partition coefficient (Wildman–Crippen LogP) is 4.50. The van der Waals surface area contributed by atoms with E-state index in [0.29, 0.717) is 49.2 Å². The number of halogens is 1. The van der Waals surface area contributed by atoms with E-state index in [4.69, 9.17) is 4.52 Å². The van der Waals surface area contributed by atoms with Gasteiger partial charge in [-0.05, 0) is 37.1 Å². The molecule has 1 saturated heterocycles. The van der Waals surface area contributed by atoms with Crippen LogP contribution in [0.25, 0.3) is 11.4 Å². The van der Waals surface area contributed by atoms with E-state index in [1.54, 1.807) is 12.1 Å². The number of hydrogen-bond donors (Lipinski definition) is 0. The van der Waals surface area contributed by atoms with Gasteiger partial charge in [-0.25, -0.2) is 4.39 Å². The Bertz CT molecular complexity index is 1050. The summed E-state index contributed by atoms with van der Waals surface area (Å²) in [5, 5.41) is 4.12. The normalized spacial score (nSPS) is 17.3. The summed E-state index contributed by atoms with van der Waals surface area (Å²) in [6.07, 6.45) is 4.65. The van der Waals surface area contributed by atoms with Crippen molar-refractivity contribution in [3.8, 4) is 11.4 Å². The Morgan fingerprint density at radius 3 is 2.39 bits per heavy atom. The van der Waals surface area contributed by atoms with Gasteiger partial charge in [0.05, 0.1) is 5.69 Å². The number of amides is 1. The molecular formula is C24H25FN4O2. The Morgan fingerprint density at radius 2 is 1.68 bits per heavy atom. The lowest BCUT2D eigenvalue weighted by atomic mass is 10.1. The molecule has 2 aliphatic rings. The number of carbonyl (C=O) groups excluding carboxylic acids is 1. The molecule has 2 heterocycles. The molecule has 0 spiro atoms. The van der Waals surface area contributed by atoms with E-state index in [1.807, 2.05) is 40.1 Å². The molecule has 31 heavy (non-hydrogen) atoms. The largest absolute Gasteiger partial charge is 0.366 e. The zero-order valence-electron chi connectivity index (χ0n) is 17.3. The molecule has 0 N–H and O–H groups in total. The first-order valence-corrected chi connectivity index (χ1v) is 10.9. The van der Waals surface area contributed by atoms with Gasteiger partial charge >= 0.3 is 0 Å². The molecule has 2 fully saturated rings. The molecule has 1 amide bonds. The Morgan fingerprint density at radius 1 is 0.968 bits per heavy atom. The first-order valence-electron chi connectivity index (χ1n) is 10.9. The lowest BCUT2D eigenvalue weighted by Crippen LogP contribution is -2.49. The van der Waals surface area contributed by atoms with Crippen molar-refractivity contribution >= 4 is 11.6 Å². The van der Waals surface area contributed by atoms with Crippen LogP contribution in [-0.2, 0) is 0 Å². The van der Waals surface area contributed by atoms with E-state index < -0.39 is 0 Å². The van der Waals surface area contributed by atoms with Gasteiger partial charge in [-0.15, -0.1) is 0 Å². The third kappa shape index (κ3) is 4.04. The molecule has 1 saturated carbocycles. The molecule has 1 aromatic heterocycles. The quantitative estimate of drug-likeness (QED) is 0.622. The molecule has 2 aromatic carbocycles. The molecule has 6 nitrogen and oxygen atoms in total. The van der Waals surface area contributed by atoms with Crippen molar-refractivity contribution < 1.29 is 13.7 Å². The highest BCUT2D eigenvalue weighted by Crippen LogP contribution is 2.34. The van der Waals surface area contributed by atoms with Crippen LogP contribution in [0.3, 0.4) is 0 Å². The fourth-order valence-corrected chi connectivity index (χ4v) is 4.49. The smallest absolute Gasteiger partial charge is 0.253 e. The van der Waals surface area contributed by atoms with E-state index in [-0.39, 0.29) is 11.7 Å². The second kappa shape index (κ2) is 8.49. The van der Waals surface area contributed by atoms with Crippen molar-refractivity contribution in [3.63, 3.8) is 0 Å². The number of hydrogen-bond acceptors (Lipinski definition) is 5. The van der Waals surface area contributed by atoms with Crippen molar-refractivity contribution in [2.45, 2.75) is 31.6 Å². The van der Waals surface area contributed by atoms with Gasteiger partial charge in [0, 0.05) is 43.2 Å². The molecule has 1 aliphatic heterocycles. The van der Waals surface area contributed by atoms with Gasteiger partial charge in [-0.1, -0.05) is 42.3 Å². The fourth-order valence-electron chi connectivity index (χ4n) is 4.49. The number of benzene rings is 2. The maximum absolute atomic E-state index is 14.0. The molecule has 0 atom stereocenters. The SMILES string of the molecule is O=C(c1ccc(-c2noc(C3CCCC3)n2)cc1)N1CCN(c2ccccc2F)CC1. The van der Waals surface area contributed by atoms with E-state index in [1.165, 1.54) is 18.9 Å². The highest BCUT2D eigenvalue weighted by atomic mass is 19.1. The average molecular weight is 420 g/mol. The standard InChI is InChI=1S/C24H25FN4O2/c25-20-7-3-4-8-21(20)28-13-15-29(16-14-28)24(30)19-11-9-17(10-12-19)22-26-23(31-27-22)18-5-1-2-6-18/h3-4,7-12,18H,1-2,5-6,13-16H2. The molecule has 7 heteroatoms. The van der Waals surface area contributed by atoms with Crippen molar-refractivity contribution in [2.24, 2.45) is 0 Å². The van der Waals surface area contributed by atoms with Crippen LogP contribution in [0.15, 0.2) is 53.1 Å². The van der Waals surface area contributed by atoms with Gasteiger partial charge in [0.2, 0.25) is 11.7 Å². The van der Waals surface area contributed by atoms with E-state index in [2.05, 4.69) is 10.1 Å². The molecule has 0 radical (unpaired) electrons. The minimum Gasteiger partial charge on any atom is -0.366 e.